The number of para-hydroxylation sites is 2. The van der Waals surface area contributed by atoms with Crippen molar-refractivity contribution < 1.29 is 9.53 Å². The summed E-state index contributed by atoms with van der Waals surface area (Å²) in [4.78, 5) is 14.4. The minimum Gasteiger partial charge on any atom is -0.489 e. The van der Waals surface area contributed by atoms with Crippen LogP contribution in [0.15, 0.2) is 24.3 Å². The molecule has 0 unspecified atom stereocenters. The first-order chi connectivity index (χ1) is 10.1. The third-order valence-electron chi connectivity index (χ3n) is 3.32. The molecule has 0 radical (unpaired) electrons. The van der Waals surface area contributed by atoms with Crippen LogP contribution in [-0.2, 0) is 4.79 Å². The van der Waals surface area contributed by atoms with Gasteiger partial charge in [-0.2, -0.15) is 0 Å². The molecular formula is C16H25N3O2. The second-order valence-electron chi connectivity index (χ2n) is 5.59. The molecule has 1 aliphatic rings. The summed E-state index contributed by atoms with van der Waals surface area (Å²) in [6.07, 6.45) is 1.17. The van der Waals surface area contributed by atoms with Gasteiger partial charge >= 0.3 is 0 Å². The number of hydrogen-bond donors (Lipinski definition) is 2. The monoisotopic (exact) mass is 291 g/mol. The summed E-state index contributed by atoms with van der Waals surface area (Å²) in [5.41, 5.74) is 0.740. The average Bonchev–Trinajstić information content (AvgIpc) is 2.69. The molecule has 1 aromatic rings. The summed E-state index contributed by atoms with van der Waals surface area (Å²) < 4.78 is 5.72. The van der Waals surface area contributed by atoms with Crippen LogP contribution in [0.5, 0.6) is 5.75 Å². The number of rotatable bonds is 5. The topological polar surface area (TPSA) is 53.6 Å². The van der Waals surface area contributed by atoms with Gasteiger partial charge in [-0.05, 0) is 45.5 Å². The third kappa shape index (κ3) is 5.36. The zero-order valence-corrected chi connectivity index (χ0v) is 12.9. The molecule has 0 saturated carbocycles. The van der Waals surface area contributed by atoms with Gasteiger partial charge in [-0.1, -0.05) is 12.1 Å². The van der Waals surface area contributed by atoms with Crippen LogP contribution in [0, 0.1) is 0 Å². The Hall–Kier alpha value is -1.59. The molecular weight excluding hydrogens is 266 g/mol. The number of nitrogens with zero attached hydrogens (tertiary/aromatic N) is 1. The molecule has 21 heavy (non-hydrogen) atoms. The van der Waals surface area contributed by atoms with Gasteiger partial charge in [0.15, 0.2) is 0 Å². The van der Waals surface area contributed by atoms with Gasteiger partial charge in [-0.15, -0.1) is 0 Å². The first kappa shape index (κ1) is 15.8. The summed E-state index contributed by atoms with van der Waals surface area (Å²) in [6, 6.07) is 7.57. The van der Waals surface area contributed by atoms with Gasteiger partial charge in [-0.3, -0.25) is 9.69 Å². The van der Waals surface area contributed by atoms with Gasteiger partial charge in [-0.25, -0.2) is 0 Å². The van der Waals surface area contributed by atoms with E-state index in [1.165, 1.54) is 0 Å². The maximum Gasteiger partial charge on any atom is 0.238 e. The number of amides is 1. The standard InChI is InChI=1S/C16H25N3O2/c1-13(2)21-15-7-4-3-6-14(15)18-16(20)12-19-10-5-8-17-9-11-19/h3-4,6-7,13,17H,5,8-12H2,1-2H3,(H,18,20). The molecule has 1 aliphatic heterocycles. The Labute approximate surface area is 126 Å². The lowest BCUT2D eigenvalue weighted by molar-refractivity contribution is -0.117. The van der Waals surface area contributed by atoms with E-state index in [0.29, 0.717) is 6.54 Å². The van der Waals surface area contributed by atoms with Crippen LogP contribution in [0.25, 0.3) is 0 Å². The second kappa shape index (κ2) is 8.00. The molecule has 2 N–H and O–H groups in total. The largest absolute Gasteiger partial charge is 0.489 e. The van der Waals surface area contributed by atoms with E-state index in [1.807, 2.05) is 38.1 Å². The molecule has 1 fully saturated rings. The Morgan fingerprint density at radius 3 is 2.95 bits per heavy atom. The molecule has 2 rings (SSSR count). The Morgan fingerprint density at radius 1 is 1.33 bits per heavy atom. The zero-order chi connectivity index (χ0) is 15.1. The zero-order valence-electron chi connectivity index (χ0n) is 12.9. The maximum absolute atomic E-state index is 12.2. The van der Waals surface area contributed by atoms with Crippen LogP contribution in [0.2, 0.25) is 0 Å². The van der Waals surface area contributed by atoms with Gasteiger partial charge in [0.05, 0.1) is 18.3 Å². The molecule has 0 atom stereocenters. The fourth-order valence-corrected chi connectivity index (χ4v) is 2.38. The Balaban J connectivity index is 1.92. The number of hydrogen-bond acceptors (Lipinski definition) is 4. The molecule has 1 amide bonds. The summed E-state index contributed by atoms with van der Waals surface area (Å²) in [5.74, 6) is 0.732. The Morgan fingerprint density at radius 2 is 2.14 bits per heavy atom. The number of ether oxygens (including phenoxy) is 1. The van der Waals surface area contributed by atoms with Crippen LogP contribution in [0.1, 0.15) is 20.3 Å². The smallest absolute Gasteiger partial charge is 0.238 e. The third-order valence-corrected chi connectivity index (χ3v) is 3.32. The van der Waals surface area contributed by atoms with Gasteiger partial charge in [0.1, 0.15) is 5.75 Å². The number of carbonyl (C=O) groups is 1. The highest BCUT2D eigenvalue weighted by Gasteiger charge is 2.14. The van der Waals surface area contributed by atoms with Crippen molar-refractivity contribution >= 4 is 11.6 Å². The Kier molecular flexibility index (Phi) is 6.02. The molecule has 1 saturated heterocycles. The fraction of sp³-hybridized carbons (Fsp3) is 0.562. The van der Waals surface area contributed by atoms with Gasteiger partial charge in [0.2, 0.25) is 5.91 Å². The van der Waals surface area contributed by atoms with Crippen molar-refractivity contribution in [2.45, 2.75) is 26.4 Å². The van der Waals surface area contributed by atoms with Gasteiger partial charge < -0.3 is 15.4 Å². The van der Waals surface area contributed by atoms with Gasteiger partial charge in [0.25, 0.3) is 0 Å². The van der Waals surface area contributed by atoms with Crippen LogP contribution in [-0.4, -0.2) is 49.6 Å². The lowest BCUT2D eigenvalue weighted by Crippen LogP contribution is -2.35. The molecule has 0 bridgehead atoms. The molecule has 5 heteroatoms. The SMILES string of the molecule is CC(C)Oc1ccccc1NC(=O)CN1CCCNCC1. The molecule has 1 heterocycles. The van der Waals surface area contributed by atoms with E-state index in [-0.39, 0.29) is 12.0 Å². The van der Waals surface area contributed by atoms with Crippen molar-refractivity contribution in [2.24, 2.45) is 0 Å². The average molecular weight is 291 g/mol. The Bertz CT molecular complexity index is 455. The van der Waals surface area contributed by atoms with E-state index in [1.54, 1.807) is 0 Å². The molecule has 0 aromatic heterocycles. The van der Waals surface area contributed by atoms with E-state index >= 15 is 0 Å². The number of anilines is 1. The predicted octanol–water partition coefficient (Wildman–Crippen LogP) is 1.71. The highest BCUT2D eigenvalue weighted by Crippen LogP contribution is 2.24. The van der Waals surface area contributed by atoms with Crippen LogP contribution >= 0.6 is 0 Å². The number of carbonyl (C=O) groups excluding carboxylic acids is 1. The van der Waals surface area contributed by atoms with E-state index in [2.05, 4.69) is 15.5 Å². The molecule has 116 valence electrons. The van der Waals surface area contributed by atoms with Crippen molar-refractivity contribution in [1.82, 2.24) is 10.2 Å². The van der Waals surface area contributed by atoms with E-state index in [4.69, 9.17) is 4.74 Å². The second-order valence-corrected chi connectivity index (χ2v) is 5.59. The predicted molar refractivity (Wildman–Crippen MR) is 84.8 cm³/mol. The summed E-state index contributed by atoms with van der Waals surface area (Å²) in [7, 11) is 0. The van der Waals surface area contributed by atoms with Crippen molar-refractivity contribution in [3.8, 4) is 5.75 Å². The lowest BCUT2D eigenvalue weighted by Gasteiger charge is -2.20. The molecule has 1 aromatic carbocycles. The van der Waals surface area contributed by atoms with E-state index < -0.39 is 0 Å². The van der Waals surface area contributed by atoms with Crippen molar-refractivity contribution in [1.29, 1.82) is 0 Å². The van der Waals surface area contributed by atoms with Crippen molar-refractivity contribution in [3.63, 3.8) is 0 Å². The van der Waals surface area contributed by atoms with Crippen molar-refractivity contribution in [2.75, 3.05) is 38.0 Å². The van der Waals surface area contributed by atoms with Crippen molar-refractivity contribution in [3.05, 3.63) is 24.3 Å². The van der Waals surface area contributed by atoms with Crippen LogP contribution < -0.4 is 15.4 Å². The number of benzene rings is 1. The first-order valence-electron chi connectivity index (χ1n) is 7.64. The first-order valence-corrected chi connectivity index (χ1v) is 7.64. The molecule has 0 spiro atoms. The van der Waals surface area contributed by atoms with Crippen LogP contribution in [0.4, 0.5) is 5.69 Å². The summed E-state index contributed by atoms with van der Waals surface area (Å²) >= 11 is 0. The lowest BCUT2D eigenvalue weighted by atomic mass is 10.2. The summed E-state index contributed by atoms with van der Waals surface area (Å²) in [6.45, 7) is 8.23. The maximum atomic E-state index is 12.2. The van der Waals surface area contributed by atoms with Gasteiger partial charge in [0, 0.05) is 13.1 Å². The summed E-state index contributed by atoms with van der Waals surface area (Å²) in [5, 5.41) is 6.30. The quantitative estimate of drug-likeness (QED) is 0.867. The molecule has 0 aliphatic carbocycles. The fourth-order valence-electron chi connectivity index (χ4n) is 2.38. The highest BCUT2D eigenvalue weighted by atomic mass is 16.5. The van der Waals surface area contributed by atoms with E-state index in [0.717, 1.165) is 44.0 Å². The minimum absolute atomic E-state index is 0.0108. The highest BCUT2D eigenvalue weighted by molar-refractivity contribution is 5.93. The van der Waals surface area contributed by atoms with Crippen LogP contribution in [0.3, 0.4) is 0 Å². The number of nitrogens with one attached hydrogen (secondary N) is 2. The normalized spacial score (nSPS) is 16.5. The minimum atomic E-state index is 0.0108. The molecule has 5 nitrogen and oxygen atoms in total. The van der Waals surface area contributed by atoms with E-state index in [9.17, 15) is 4.79 Å².